The number of carbonyl (C=O) groups is 1. The minimum atomic E-state index is -4.45. The summed E-state index contributed by atoms with van der Waals surface area (Å²) < 4.78 is 48.3. The lowest BCUT2D eigenvalue weighted by molar-refractivity contribution is -0.139. The van der Waals surface area contributed by atoms with Gasteiger partial charge < -0.3 is 9.47 Å². The Bertz CT molecular complexity index is 762. The van der Waals surface area contributed by atoms with Gasteiger partial charge >= 0.3 is 6.18 Å². The van der Waals surface area contributed by atoms with Crippen LogP contribution in [0.15, 0.2) is 55.3 Å². The molecule has 0 radical (unpaired) electrons. The van der Waals surface area contributed by atoms with Crippen molar-refractivity contribution in [2.75, 3.05) is 6.61 Å². The van der Waals surface area contributed by atoms with Crippen LogP contribution in [0.25, 0.3) is 0 Å². The van der Waals surface area contributed by atoms with E-state index in [1.807, 2.05) is 0 Å². The number of benzene rings is 1. The molecule has 1 heterocycles. The molecular weight excluding hydrogens is 365 g/mol. The van der Waals surface area contributed by atoms with Gasteiger partial charge in [-0.3, -0.25) is 9.63 Å². The lowest BCUT2D eigenvalue weighted by atomic mass is 10.3. The Hall–Kier alpha value is -3.07. The molecule has 1 aromatic heterocycles. The largest absolute Gasteiger partial charge is 0.481 e. The van der Waals surface area contributed by atoms with Crippen LogP contribution in [0.3, 0.4) is 0 Å². The molecule has 27 heavy (non-hydrogen) atoms. The molecule has 0 aliphatic carbocycles. The molecule has 0 aliphatic heterocycles. The van der Waals surface area contributed by atoms with Gasteiger partial charge in [-0.1, -0.05) is 6.08 Å². The van der Waals surface area contributed by atoms with Crippen LogP contribution < -0.4 is 15.0 Å². The van der Waals surface area contributed by atoms with E-state index in [1.165, 1.54) is 18.2 Å². The Kier molecular flexibility index (Phi) is 6.78. The van der Waals surface area contributed by atoms with Crippen LogP contribution in [0.5, 0.6) is 17.4 Å². The molecule has 0 bridgehead atoms. The van der Waals surface area contributed by atoms with Gasteiger partial charge in [0.2, 0.25) is 5.88 Å². The quantitative estimate of drug-likeness (QED) is 0.426. The highest BCUT2D eigenvalue weighted by Gasteiger charge is 2.30. The van der Waals surface area contributed by atoms with E-state index >= 15 is 0 Å². The predicted octanol–water partition coefficient (Wildman–Crippen LogP) is 3.89. The van der Waals surface area contributed by atoms with Crippen molar-refractivity contribution in [3.63, 3.8) is 0 Å². The van der Waals surface area contributed by atoms with Gasteiger partial charge in [0, 0.05) is 12.3 Å². The van der Waals surface area contributed by atoms with Crippen molar-refractivity contribution in [2.45, 2.75) is 19.2 Å². The van der Waals surface area contributed by atoms with E-state index in [4.69, 9.17) is 14.3 Å². The first-order valence-corrected chi connectivity index (χ1v) is 7.80. The summed E-state index contributed by atoms with van der Waals surface area (Å²) in [6.07, 6.45) is -3.08. The third kappa shape index (κ3) is 6.30. The van der Waals surface area contributed by atoms with E-state index in [9.17, 15) is 18.0 Å². The molecular formula is C18H17F3N2O4. The Labute approximate surface area is 153 Å². The Morgan fingerprint density at radius 2 is 1.89 bits per heavy atom. The van der Waals surface area contributed by atoms with Crippen LogP contribution in [0.1, 0.15) is 12.5 Å². The fourth-order valence-electron chi connectivity index (χ4n) is 1.83. The summed E-state index contributed by atoms with van der Waals surface area (Å²) in [6, 6.07) is 8.18. The van der Waals surface area contributed by atoms with Gasteiger partial charge in [0.15, 0.2) is 6.10 Å². The number of carbonyl (C=O) groups excluding carboxylic acids is 1. The number of alkyl halides is 3. The molecule has 1 N–H and O–H groups in total. The summed E-state index contributed by atoms with van der Waals surface area (Å²) in [5.74, 6) is 0.296. The number of hydrogen-bond acceptors (Lipinski definition) is 5. The monoisotopic (exact) mass is 382 g/mol. The number of amides is 1. The average molecular weight is 382 g/mol. The Morgan fingerprint density at radius 1 is 1.22 bits per heavy atom. The molecule has 1 aromatic carbocycles. The van der Waals surface area contributed by atoms with E-state index in [1.54, 1.807) is 19.1 Å². The maximum absolute atomic E-state index is 12.5. The van der Waals surface area contributed by atoms with Crippen molar-refractivity contribution in [3.05, 3.63) is 60.8 Å². The predicted molar refractivity (Wildman–Crippen MR) is 90.1 cm³/mol. The zero-order chi connectivity index (χ0) is 19.9. The Balaban J connectivity index is 1.91. The zero-order valence-corrected chi connectivity index (χ0v) is 14.3. The molecule has 0 aliphatic rings. The second-order valence-electron chi connectivity index (χ2n) is 5.28. The summed E-state index contributed by atoms with van der Waals surface area (Å²) in [6.45, 7) is 5.16. The van der Waals surface area contributed by atoms with Gasteiger partial charge in [0.1, 0.15) is 11.5 Å². The highest BCUT2D eigenvalue weighted by Crippen LogP contribution is 2.30. The molecule has 2 aromatic rings. The number of hydroxylamine groups is 1. The van der Waals surface area contributed by atoms with Crippen molar-refractivity contribution in [3.8, 4) is 17.4 Å². The number of aromatic nitrogens is 1. The van der Waals surface area contributed by atoms with Crippen molar-refractivity contribution < 1.29 is 32.3 Å². The standard InChI is InChI=1S/C18H17F3N2O4/c1-3-10-25-23-17(24)12(2)26-14-5-7-15(8-6-14)27-16-9-4-13(11-22-16)18(19,20)21/h3-9,11-12H,1,10H2,2H3,(H,23,24). The summed E-state index contributed by atoms with van der Waals surface area (Å²) >= 11 is 0. The fourth-order valence-corrected chi connectivity index (χ4v) is 1.83. The number of nitrogens with zero attached hydrogens (tertiary/aromatic N) is 1. The van der Waals surface area contributed by atoms with E-state index < -0.39 is 23.8 Å². The topological polar surface area (TPSA) is 69.7 Å². The average Bonchev–Trinajstić information content (AvgIpc) is 2.63. The molecule has 2 rings (SSSR count). The maximum Gasteiger partial charge on any atom is 0.417 e. The van der Waals surface area contributed by atoms with E-state index in [2.05, 4.69) is 17.0 Å². The van der Waals surface area contributed by atoms with Crippen LogP contribution in [-0.4, -0.2) is 23.6 Å². The second-order valence-corrected chi connectivity index (χ2v) is 5.28. The molecule has 6 nitrogen and oxygen atoms in total. The van der Waals surface area contributed by atoms with Gasteiger partial charge in [0.25, 0.3) is 5.91 Å². The molecule has 0 fully saturated rings. The van der Waals surface area contributed by atoms with Gasteiger partial charge in [0.05, 0.1) is 12.2 Å². The molecule has 1 amide bonds. The molecule has 144 valence electrons. The van der Waals surface area contributed by atoms with Gasteiger partial charge in [-0.15, -0.1) is 6.58 Å². The molecule has 1 atom stereocenters. The minimum absolute atomic E-state index is 0.0174. The van der Waals surface area contributed by atoms with Crippen molar-refractivity contribution in [1.82, 2.24) is 10.5 Å². The highest BCUT2D eigenvalue weighted by molar-refractivity contribution is 5.79. The lowest BCUT2D eigenvalue weighted by Crippen LogP contribution is -2.36. The summed E-state index contributed by atoms with van der Waals surface area (Å²) in [7, 11) is 0. The minimum Gasteiger partial charge on any atom is -0.481 e. The normalized spacial score (nSPS) is 12.1. The van der Waals surface area contributed by atoms with Crippen LogP contribution in [0, 0.1) is 0 Å². The van der Waals surface area contributed by atoms with Gasteiger partial charge in [-0.25, -0.2) is 10.5 Å². The van der Waals surface area contributed by atoms with Crippen molar-refractivity contribution in [2.24, 2.45) is 0 Å². The number of halogens is 3. The smallest absolute Gasteiger partial charge is 0.417 e. The summed E-state index contributed by atoms with van der Waals surface area (Å²) in [5, 5.41) is 0. The second kappa shape index (κ2) is 9.04. The van der Waals surface area contributed by atoms with E-state index in [-0.39, 0.29) is 12.5 Å². The molecule has 9 heteroatoms. The first-order valence-electron chi connectivity index (χ1n) is 7.80. The lowest BCUT2D eigenvalue weighted by Gasteiger charge is -2.14. The van der Waals surface area contributed by atoms with Gasteiger partial charge in [-0.2, -0.15) is 13.2 Å². The summed E-state index contributed by atoms with van der Waals surface area (Å²) in [5.41, 5.74) is 1.36. The number of hydrogen-bond donors (Lipinski definition) is 1. The third-order valence-corrected chi connectivity index (χ3v) is 3.17. The summed E-state index contributed by atoms with van der Waals surface area (Å²) in [4.78, 5) is 20.2. The van der Waals surface area contributed by atoms with Crippen molar-refractivity contribution >= 4 is 5.91 Å². The van der Waals surface area contributed by atoms with E-state index in [0.717, 1.165) is 12.1 Å². The van der Waals surface area contributed by atoms with Crippen LogP contribution >= 0.6 is 0 Å². The molecule has 0 spiro atoms. The number of ether oxygens (including phenoxy) is 2. The maximum atomic E-state index is 12.5. The number of nitrogens with one attached hydrogen (secondary N) is 1. The zero-order valence-electron chi connectivity index (χ0n) is 14.3. The van der Waals surface area contributed by atoms with Crippen LogP contribution in [0.2, 0.25) is 0 Å². The third-order valence-electron chi connectivity index (χ3n) is 3.17. The molecule has 0 saturated carbocycles. The highest BCUT2D eigenvalue weighted by atomic mass is 19.4. The fraction of sp³-hybridized carbons (Fsp3) is 0.222. The number of pyridine rings is 1. The van der Waals surface area contributed by atoms with Crippen LogP contribution in [0.4, 0.5) is 13.2 Å². The molecule has 1 unspecified atom stereocenters. The first-order chi connectivity index (χ1) is 12.8. The Morgan fingerprint density at radius 3 is 2.44 bits per heavy atom. The first kappa shape index (κ1) is 20.2. The van der Waals surface area contributed by atoms with Crippen molar-refractivity contribution in [1.29, 1.82) is 0 Å². The van der Waals surface area contributed by atoms with Gasteiger partial charge in [-0.05, 0) is 37.3 Å². The van der Waals surface area contributed by atoms with Crippen LogP contribution in [-0.2, 0) is 15.8 Å². The molecule has 0 saturated heterocycles. The number of rotatable bonds is 8. The van der Waals surface area contributed by atoms with E-state index in [0.29, 0.717) is 17.7 Å². The SMILES string of the molecule is C=CCONC(=O)C(C)Oc1ccc(Oc2ccc(C(F)(F)F)cn2)cc1.